The molecule has 5 heteroatoms. The summed E-state index contributed by atoms with van der Waals surface area (Å²) in [4.78, 5) is 10.4. The molecule has 1 aliphatic carbocycles. The molecule has 0 radical (unpaired) electrons. The van der Waals surface area contributed by atoms with E-state index in [0.29, 0.717) is 0 Å². The third-order valence-corrected chi connectivity index (χ3v) is 3.23. The highest BCUT2D eigenvalue weighted by molar-refractivity contribution is 5.67. The highest BCUT2D eigenvalue weighted by Crippen LogP contribution is 2.38. The van der Waals surface area contributed by atoms with Crippen LogP contribution in [0.3, 0.4) is 0 Å². The Kier molecular flexibility index (Phi) is 4.62. The number of carbonyl (C=O) groups is 1. The fraction of sp³-hybridized carbons (Fsp3) is 0.909. The lowest BCUT2D eigenvalue weighted by Crippen LogP contribution is -2.28. The normalized spacial score (nSPS) is 20.7. The van der Waals surface area contributed by atoms with Crippen LogP contribution in [0.5, 0.6) is 0 Å². The first kappa shape index (κ1) is 13.3. The van der Waals surface area contributed by atoms with Crippen molar-refractivity contribution in [1.82, 2.24) is 0 Å². The Morgan fingerprint density at radius 1 is 1.25 bits per heavy atom. The molecule has 94 valence electrons. The van der Waals surface area contributed by atoms with E-state index in [-0.39, 0.29) is 12.3 Å². The van der Waals surface area contributed by atoms with Crippen LogP contribution in [-0.2, 0) is 4.79 Å². The number of carboxylic acids is 1. The zero-order valence-electron chi connectivity index (χ0n) is 9.09. The number of aliphatic carboxylic acids is 1. The lowest BCUT2D eigenvalue weighted by molar-refractivity contribution is -0.187. The van der Waals surface area contributed by atoms with Gasteiger partial charge in [-0.05, 0) is 12.3 Å². The van der Waals surface area contributed by atoms with E-state index in [9.17, 15) is 18.0 Å². The number of hydrogen-bond acceptors (Lipinski definition) is 1. The average Bonchev–Trinajstić information content (AvgIpc) is 2.16. The highest BCUT2D eigenvalue weighted by atomic mass is 19.4. The van der Waals surface area contributed by atoms with E-state index in [2.05, 4.69) is 0 Å². The van der Waals surface area contributed by atoms with Gasteiger partial charge in [0.1, 0.15) is 0 Å². The fourth-order valence-electron chi connectivity index (χ4n) is 2.37. The van der Waals surface area contributed by atoms with E-state index in [1.807, 2.05) is 0 Å². The first-order chi connectivity index (χ1) is 7.39. The maximum Gasteiger partial charge on any atom is 0.392 e. The van der Waals surface area contributed by atoms with Crippen LogP contribution < -0.4 is 0 Å². The minimum atomic E-state index is -4.38. The summed E-state index contributed by atoms with van der Waals surface area (Å²) in [5, 5.41) is 8.48. The molecule has 1 aliphatic rings. The third-order valence-electron chi connectivity index (χ3n) is 3.23. The van der Waals surface area contributed by atoms with E-state index in [1.54, 1.807) is 0 Å². The number of halogens is 3. The maximum atomic E-state index is 12.6. The van der Waals surface area contributed by atoms with Gasteiger partial charge in [0.2, 0.25) is 0 Å². The van der Waals surface area contributed by atoms with Gasteiger partial charge in [-0.3, -0.25) is 4.79 Å². The zero-order chi connectivity index (χ0) is 12.2. The second kappa shape index (κ2) is 5.55. The van der Waals surface area contributed by atoms with E-state index in [0.717, 1.165) is 32.1 Å². The molecule has 1 N–H and O–H groups in total. The van der Waals surface area contributed by atoms with Gasteiger partial charge >= 0.3 is 12.1 Å². The minimum absolute atomic E-state index is 0.0181. The Hall–Kier alpha value is -0.740. The standard InChI is InChI=1S/C11H17F3O2/c12-11(13,14)9(7-10(15)16)6-8-4-2-1-3-5-8/h8-9H,1-7H2,(H,15,16). The van der Waals surface area contributed by atoms with Gasteiger partial charge in [0, 0.05) is 0 Å². The summed E-state index contributed by atoms with van der Waals surface area (Å²) in [5.41, 5.74) is 0. The van der Waals surface area contributed by atoms with Crippen LogP contribution in [0.2, 0.25) is 0 Å². The molecule has 0 aliphatic heterocycles. The summed E-state index contributed by atoms with van der Waals surface area (Å²) < 4.78 is 37.7. The topological polar surface area (TPSA) is 37.3 Å². The van der Waals surface area contributed by atoms with E-state index in [4.69, 9.17) is 5.11 Å². The van der Waals surface area contributed by atoms with Crippen molar-refractivity contribution in [3.8, 4) is 0 Å². The summed E-state index contributed by atoms with van der Waals surface area (Å²) >= 11 is 0. The van der Waals surface area contributed by atoms with Crippen LogP contribution >= 0.6 is 0 Å². The van der Waals surface area contributed by atoms with E-state index >= 15 is 0 Å². The van der Waals surface area contributed by atoms with E-state index in [1.165, 1.54) is 0 Å². The van der Waals surface area contributed by atoms with Gasteiger partial charge < -0.3 is 5.11 Å². The molecule has 0 aromatic rings. The quantitative estimate of drug-likeness (QED) is 0.812. The van der Waals surface area contributed by atoms with Crippen LogP contribution in [0.1, 0.15) is 44.9 Å². The fourth-order valence-corrected chi connectivity index (χ4v) is 2.37. The van der Waals surface area contributed by atoms with Crippen molar-refractivity contribution >= 4 is 5.97 Å². The summed E-state index contributed by atoms with van der Waals surface area (Å²) in [5.74, 6) is -2.98. The van der Waals surface area contributed by atoms with E-state index < -0.39 is 24.5 Å². The molecule has 0 saturated heterocycles. The van der Waals surface area contributed by atoms with Gasteiger partial charge in [-0.1, -0.05) is 32.1 Å². The van der Waals surface area contributed by atoms with Gasteiger partial charge in [0.15, 0.2) is 0 Å². The van der Waals surface area contributed by atoms with Crippen molar-refractivity contribution < 1.29 is 23.1 Å². The van der Waals surface area contributed by atoms with Crippen LogP contribution in [0.15, 0.2) is 0 Å². The highest BCUT2D eigenvalue weighted by Gasteiger charge is 2.41. The molecule has 0 aromatic heterocycles. The lowest BCUT2D eigenvalue weighted by atomic mass is 9.81. The average molecular weight is 238 g/mol. The monoisotopic (exact) mass is 238 g/mol. The van der Waals surface area contributed by atoms with Crippen molar-refractivity contribution in [2.45, 2.75) is 51.1 Å². The molecule has 1 unspecified atom stereocenters. The summed E-state index contributed by atoms with van der Waals surface area (Å²) in [7, 11) is 0. The Balaban J connectivity index is 2.51. The molecular weight excluding hydrogens is 221 g/mol. The molecule has 0 amide bonds. The van der Waals surface area contributed by atoms with Gasteiger partial charge in [-0.15, -0.1) is 0 Å². The summed E-state index contributed by atoms with van der Waals surface area (Å²) in [6.45, 7) is 0. The molecular formula is C11H17F3O2. The smallest absolute Gasteiger partial charge is 0.392 e. The number of carboxylic acid groups (broad SMARTS) is 1. The Bertz CT molecular complexity index is 232. The van der Waals surface area contributed by atoms with Gasteiger partial charge in [0.25, 0.3) is 0 Å². The molecule has 2 nitrogen and oxygen atoms in total. The molecule has 0 heterocycles. The van der Waals surface area contributed by atoms with Crippen LogP contribution in [0.25, 0.3) is 0 Å². The van der Waals surface area contributed by atoms with Crippen molar-refractivity contribution in [3.05, 3.63) is 0 Å². The predicted molar refractivity (Wildman–Crippen MR) is 53.0 cm³/mol. The molecule has 16 heavy (non-hydrogen) atoms. The predicted octanol–water partition coefficient (Wildman–Crippen LogP) is 3.61. The van der Waals surface area contributed by atoms with Crippen LogP contribution in [-0.4, -0.2) is 17.3 Å². The first-order valence-corrected chi connectivity index (χ1v) is 5.68. The van der Waals surface area contributed by atoms with Crippen LogP contribution in [0.4, 0.5) is 13.2 Å². The van der Waals surface area contributed by atoms with Crippen molar-refractivity contribution in [2.24, 2.45) is 11.8 Å². The summed E-state index contributed by atoms with van der Waals surface area (Å²) in [6.07, 6.45) is -0.527. The lowest BCUT2D eigenvalue weighted by Gasteiger charge is -2.27. The second-order valence-corrected chi connectivity index (χ2v) is 4.58. The molecule has 0 spiro atoms. The Morgan fingerprint density at radius 3 is 2.25 bits per heavy atom. The van der Waals surface area contributed by atoms with Gasteiger partial charge in [-0.2, -0.15) is 13.2 Å². The van der Waals surface area contributed by atoms with Crippen molar-refractivity contribution in [1.29, 1.82) is 0 Å². The van der Waals surface area contributed by atoms with Crippen molar-refractivity contribution in [2.75, 3.05) is 0 Å². The third kappa shape index (κ3) is 4.41. The molecule has 1 fully saturated rings. The van der Waals surface area contributed by atoms with Gasteiger partial charge in [0.05, 0.1) is 12.3 Å². The largest absolute Gasteiger partial charge is 0.481 e. The molecule has 1 atom stereocenters. The molecule has 1 rings (SSSR count). The molecule has 0 bridgehead atoms. The first-order valence-electron chi connectivity index (χ1n) is 5.68. The molecule has 1 saturated carbocycles. The van der Waals surface area contributed by atoms with Crippen LogP contribution in [0, 0.1) is 11.8 Å². The van der Waals surface area contributed by atoms with Crippen molar-refractivity contribution in [3.63, 3.8) is 0 Å². The Labute approximate surface area is 92.8 Å². The SMILES string of the molecule is O=C(O)CC(CC1CCCCC1)C(F)(F)F. The second-order valence-electron chi connectivity index (χ2n) is 4.58. The number of hydrogen-bond donors (Lipinski definition) is 1. The number of alkyl halides is 3. The Morgan fingerprint density at radius 2 is 1.81 bits per heavy atom. The summed E-state index contributed by atoms with van der Waals surface area (Å²) in [6, 6.07) is 0. The van der Waals surface area contributed by atoms with Gasteiger partial charge in [-0.25, -0.2) is 0 Å². The number of rotatable bonds is 4. The maximum absolute atomic E-state index is 12.6. The zero-order valence-corrected chi connectivity index (χ0v) is 9.09. The minimum Gasteiger partial charge on any atom is -0.481 e. The molecule has 0 aromatic carbocycles.